The van der Waals surface area contributed by atoms with Crippen LogP contribution in [0.4, 0.5) is 0 Å². The summed E-state index contributed by atoms with van der Waals surface area (Å²) in [5.41, 5.74) is 1.45. The van der Waals surface area contributed by atoms with Gasteiger partial charge in [0.2, 0.25) is 0 Å². The molecule has 11 heavy (non-hydrogen) atoms. The molecule has 0 N–H and O–H groups in total. The molecule has 2 rings (SSSR count). The van der Waals surface area contributed by atoms with Crippen LogP contribution in [0.3, 0.4) is 0 Å². The van der Waals surface area contributed by atoms with Crippen molar-refractivity contribution >= 4 is 0 Å². The molecule has 1 nitrogen and oxygen atoms in total. The Morgan fingerprint density at radius 1 is 1.09 bits per heavy atom. The van der Waals surface area contributed by atoms with Gasteiger partial charge in [-0.15, -0.1) is 0 Å². The van der Waals surface area contributed by atoms with Crippen LogP contribution in [0.2, 0.25) is 0 Å². The van der Waals surface area contributed by atoms with Crippen LogP contribution in [0, 0.1) is 0 Å². The normalized spacial score (nSPS) is 18.9. The lowest BCUT2D eigenvalue weighted by Gasteiger charge is -2.04. The largest absolute Gasteiger partial charge is 0.318 e. The maximum absolute atomic E-state index is 4.98. The summed E-state index contributed by atoms with van der Waals surface area (Å²) in [6, 6.07) is 4.19. The van der Waals surface area contributed by atoms with E-state index >= 15 is 0 Å². The van der Waals surface area contributed by atoms with E-state index in [0.29, 0.717) is 0 Å². The first kappa shape index (κ1) is 6.84. The molecule has 0 aromatic carbocycles. The Morgan fingerprint density at radius 2 is 1.73 bits per heavy atom. The first-order chi connectivity index (χ1) is 5.47. The highest BCUT2D eigenvalue weighted by Crippen LogP contribution is 2.33. The molecule has 1 heterocycles. The van der Waals surface area contributed by atoms with Gasteiger partial charge in [0.1, 0.15) is 0 Å². The van der Waals surface area contributed by atoms with E-state index in [0.717, 1.165) is 5.92 Å². The summed E-state index contributed by atoms with van der Waals surface area (Å²) in [7, 11) is 0. The average Bonchev–Trinajstić information content (AvgIpc) is 2.58. The van der Waals surface area contributed by atoms with E-state index in [1.54, 1.807) is 12.5 Å². The zero-order valence-electron chi connectivity index (χ0n) is 6.62. The first-order valence-corrected chi connectivity index (χ1v) is 4.32. The van der Waals surface area contributed by atoms with Crippen molar-refractivity contribution < 1.29 is 4.42 Å². The number of hydrogen-bond donors (Lipinski definition) is 0. The van der Waals surface area contributed by atoms with Gasteiger partial charge in [0.15, 0.2) is 0 Å². The molecule has 0 radical (unpaired) electrons. The van der Waals surface area contributed by atoms with Gasteiger partial charge in [-0.05, 0) is 24.3 Å². The third-order valence-corrected chi connectivity index (χ3v) is 2.50. The van der Waals surface area contributed by atoms with E-state index in [4.69, 9.17) is 4.42 Å². The van der Waals surface area contributed by atoms with Crippen LogP contribution in [0.15, 0.2) is 29.1 Å². The van der Waals surface area contributed by atoms with E-state index in [1.807, 2.05) is 0 Å². The standard InChI is InChI=1S/C10H13O/c1-2-4-9(3-1)10-5-7-11-8-6-10/h5-9H,1-4H2/q+1. The molecule has 0 unspecified atom stereocenters. The van der Waals surface area contributed by atoms with E-state index in [9.17, 15) is 0 Å². The van der Waals surface area contributed by atoms with Crippen molar-refractivity contribution in [2.75, 3.05) is 0 Å². The molecule has 0 amide bonds. The Kier molecular flexibility index (Phi) is 1.89. The molecule has 0 saturated heterocycles. The van der Waals surface area contributed by atoms with Crippen molar-refractivity contribution in [1.29, 1.82) is 0 Å². The van der Waals surface area contributed by atoms with Crippen molar-refractivity contribution in [2.45, 2.75) is 31.6 Å². The molecule has 1 aromatic rings. The van der Waals surface area contributed by atoms with Crippen LogP contribution in [0.5, 0.6) is 0 Å². The van der Waals surface area contributed by atoms with Crippen LogP contribution in [0.1, 0.15) is 37.2 Å². The van der Waals surface area contributed by atoms with E-state index in [-0.39, 0.29) is 0 Å². The van der Waals surface area contributed by atoms with Gasteiger partial charge in [0.05, 0.1) is 0 Å². The van der Waals surface area contributed by atoms with Crippen LogP contribution >= 0.6 is 0 Å². The van der Waals surface area contributed by atoms with Gasteiger partial charge in [0.25, 0.3) is 0 Å². The molecule has 0 atom stereocenters. The van der Waals surface area contributed by atoms with Crippen molar-refractivity contribution in [3.63, 3.8) is 0 Å². The molecule has 1 aromatic heterocycles. The Labute approximate surface area is 67.1 Å². The van der Waals surface area contributed by atoms with Crippen molar-refractivity contribution in [3.05, 3.63) is 30.2 Å². The van der Waals surface area contributed by atoms with Gasteiger partial charge in [-0.25, -0.2) is 4.42 Å². The fourth-order valence-corrected chi connectivity index (χ4v) is 1.87. The molecular formula is C10H13O+. The predicted octanol–water partition coefficient (Wildman–Crippen LogP) is 3.22. The molecule has 1 aliphatic carbocycles. The Hall–Kier alpha value is -0.850. The molecule has 0 bridgehead atoms. The van der Waals surface area contributed by atoms with Gasteiger partial charge in [-0.2, -0.15) is 0 Å². The third-order valence-electron chi connectivity index (χ3n) is 2.50. The summed E-state index contributed by atoms with van der Waals surface area (Å²) >= 11 is 0. The summed E-state index contributed by atoms with van der Waals surface area (Å²) in [6.07, 6.45) is 9.07. The lowest BCUT2D eigenvalue weighted by molar-refractivity contribution is 0.543. The highest BCUT2D eigenvalue weighted by atomic mass is 16.3. The molecule has 1 fully saturated rings. The van der Waals surface area contributed by atoms with Gasteiger partial charge < -0.3 is 0 Å². The maximum Gasteiger partial charge on any atom is 0.318 e. The molecule has 0 spiro atoms. The molecule has 0 aliphatic heterocycles. The predicted molar refractivity (Wildman–Crippen MR) is 44.3 cm³/mol. The van der Waals surface area contributed by atoms with Gasteiger partial charge in [-0.1, -0.05) is 12.8 Å². The number of hydrogen-bond acceptors (Lipinski definition) is 0. The summed E-state index contributed by atoms with van der Waals surface area (Å²) in [6.45, 7) is 0. The fraction of sp³-hybridized carbons (Fsp3) is 0.500. The van der Waals surface area contributed by atoms with Gasteiger partial charge in [-0.3, -0.25) is 0 Å². The quantitative estimate of drug-likeness (QED) is 0.558. The molecule has 1 saturated carbocycles. The van der Waals surface area contributed by atoms with E-state index < -0.39 is 0 Å². The second-order valence-electron chi connectivity index (χ2n) is 3.22. The second-order valence-corrected chi connectivity index (χ2v) is 3.22. The Morgan fingerprint density at radius 3 is 2.36 bits per heavy atom. The lowest BCUT2D eigenvalue weighted by Crippen LogP contribution is -1.89. The first-order valence-electron chi connectivity index (χ1n) is 4.32. The monoisotopic (exact) mass is 149 g/mol. The maximum atomic E-state index is 4.98. The smallest absolute Gasteiger partial charge is 0.224 e. The molecule has 58 valence electrons. The number of rotatable bonds is 1. The highest BCUT2D eigenvalue weighted by Gasteiger charge is 2.17. The third kappa shape index (κ3) is 1.42. The van der Waals surface area contributed by atoms with Crippen LogP contribution in [-0.4, -0.2) is 0 Å². The van der Waals surface area contributed by atoms with Crippen LogP contribution in [-0.2, 0) is 0 Å². The SMILES string of the molecule is c1cc(C2CCCC2)cc[o+]1. The van der Waals surface area contributed by atoms with Gasteiger partial charge >= 0.3 is 12.5 Å². The summed E-state index contributed by atoms with van der Waals surface area (Å²) in [5, 5.41) is 0. The summed E-state index contributed by atoms with van der Waals surface area (Å²) in [5.74, 6) is 0.811. The minimum absolute atomic E-state index is 0.811. The average molecular weight is 149 g/mol. The molecule has 1 heteroatoms. The summed E-state index contributed by atoms with van der Waals surface area (Å²) < 4.78 is 4.98. The minimum Gasteiger partial charge on any atom is -0.224 e. The lowest BCUT2D eigenvalue weighted by atomic mass is 10.00. The zero-order valence-corrected chi connectivity index (χ0v) is 6.62. The highest BCUT2D eigenvalue weighted by molar-refractivity contribution is 5.15. The van der Waals surface area contributed by atoms with Gasteiger partial charge in [0, 0.05) is 12.1 Å². The van der Waals surface area contributed by atoms with Crippen molar-refractivity contribution in [2.24, 2.45) is 0 Å². The van der Waals surface area contributed by atoms with Crippen LogP contribution < -0.4 is 0 Å². The zero-order chi connectivity index (χ0) is 7.52. The molecular weight excluding hydrogens is 136 g/mol. The topological polar surface area (TPSA) is 11.3 Å². The van der Waals surface area contributed by atoms with Crippen molar-refractivity contribution in [1.82, 2.24) is 0 Å². The van der Waals surface area contributed by atoms with Crippen molar-refractivity contribution in [3.8, 4) is 0 Å². The van der Waals surface area contributed by atoms with E-state index in [1.165, 1.54) is 31.2 Å². The Balaban J connectivity index is 2.16. The fourth-order valence-electron chi connectivity index (χ4n) is 1.87. The minimum atomic E-state index is 0.811. The molecule has 1 aliphatic rings. The summed E-state index contributed by atoms with van der Waals surface area (Å²) in [4.78, 5) is 0. The van der Waals surface area contributed by atoms with Crippen LogP contribution in [0.25, 0.3) is 0 Å². The Bertz CT molecular complexity index is 212. The second kappa shape index (κ2) is 3.04. The van der Waals surface area contributed by atoms with E-state index in [2.05, 4.69) is 12.1 Å².